The highest BCUT2D eigenvalue weighted by atomic mass is 79.9. The van der Waals surface area contributed by atoms with Crippen molar-refractivity contribution in [2.24, 2.45) is 0 Å². The Bertz CT molecular complexity index is 790. The fourth-order valence-corrected chi connectivity index (χ4v) is 2.94. The zero-order chi connectivity index (χ0) is 17.1. The molecule has 1 fully saturated rings. The molecule has 0 saturated carbocycles. The van der Waals surface area contributed by atoms with Crippen molar-refractivity contribution in [2.75, 3.05) is 30.7 Å². The number of rotatable bonds is 3. The molecule has 8 heteroatoms. The van der Waals surface area contributed by atoms with Gasteiger partial charge in [0.15, 0.2) is 6.61 Å². The third-order valence-corrected chi connectivity index (χ3v) is 4.33. The van der Waals surface area contributed by atoms with Gasteiger partial charge in [0, 0.05) is 22.9 Å². The number of nitrogens with two attached hydrogens (primary N) is 1. The first-order chi connectivity index (χ1) is 11.5. The topological polar surface area (TPSA) is 97.5 Å². The molecular formula is C16H17BrN4O3. The predicted octanol–water partition coefficient (Wildman–Crippen LogP) is 2.75. The Morgan fingerprint density at radius 3 is 2.83 bits per heavy atom. The number of nitrogens with zero attached hydrogens (tertiary/aromatic N) is 2. The molecule has 0 aliphatic carbocycles. The molecule has 2 amide bonds. The summed E-state index contributed by atoms with van der Waals surface area (Å²) in [5.74, 6) is -0.451. The summed E-state index contributed by atoms with van der Waals surface area (Å²) in [6, 6.07) is 5.52. The van der Waals surface area contributed by atoms with Crippen LogP contribution >= 0.6 is 15.9 Å². The van der Waals surface area contributed by atoms with Crippen molar-refractivity contribution in [1.29, 1.82) is 0 Å². The number of fused-ring (bicyclic) bond motifs is 1. The molecule has 3 N–H and O–H groups in total. The molecule has 0 bridgehead atoms. The zero-order valence-electron chi connectivity index (χ0n) is 12.9. The second kappa shape index (κ2) is 7.04. The van der Waals surface area contributed by atoms with Crippen molar-refractivity contribution in [3.8, 4) is 0 Å². The number of benzene rings is 1. The van der Waals surface area contributed by atoms with E-state index in [0.717, 1.165) is 28.2 Å². The number of carbonyl (C=O) groups excluding carboxylic acids is 2. The van der Waals surface area contributed by atoms with Gasteiger partial charge in [0.25, 0.3) is 5.91 Å². The number of aromatic nitrogens is 1. The van der Waals surface area contributed by atoms with E-state index in [9.17, 15) is 9.59 Å². The summed E-state index contributed by atoms with van der Waals surface area (Å²) in [5.41, 5.74) is 7.63. The van der Waals surface area contributed by atoms with Gasteiger partial charge in [-0.2, -0.15) is 0 Å². The van der Waals surface area contributed by atoms with Gasteiger partial charge in [0.2, 0.25) is 0 Å². The van der Waals surface area contributed by atoms with E-state index in [4.69, 9.17) is 10.5 Å². The summed E-state index contributed by atoms with van der Waals surface area (Å²) in [4.78, 5) is 29.6. The number of anilines is 2. The van der Waals surface area contributed by atoms with Gasteiger partial charge >= 0.3 is 6.09 Å². The molecule has 1 aliphatic rings. The zero-order valence-corrected chi connectivity index (χ0v) is 14.5. The van der Waals surface area contributed by atoms with Crippen molar-refractivity contribution >= 4 is 50.2 Å². The SMILES string of the molecule is Nc1c(NC(=O)COC(=O)N2CCCC2)cnc2cc(Br)ccc12. The first-order valence-corrected chi connectivity index (χ1v) is 8.39. The van der Waals surface area contributed by atoms with Gasteiger partial charge in [0.1, 0.15) is 0 Å². The van der Waals surface area contributed by atoms with Crippen LogP contribution in [0.1, 0.15) is 12.8 Å². The Labute approximate surface area is 147 Å². The molecule has 1 aromatic carbocycles. The van der Waals surface area contributed by atoms with Crippen LogP contribution in [0.5, 0.6) is 0 Å². The molecule has 2 heterocycles. The monoisotopic (exact) mass is 392 g/mol. The maximum Gasteiger partial charge on any atom is 0.410 e. The average molecular weight is 393 g/mol. The third kappa shape index (κ3) is 3.59. The van der Waals surface area contributed by atoms with Gasteiger partial charge in [-0.3, -0.25) is 9.78 Å². The molecule has 24 heavy (non-hydrogen) atoms. The Morgan fingerprint density at radius 2 is 2.08 bits per heavy atom. The van der Waals surface area contributed by atoms with E-state index in [1.807, 2.05) is 18.2 Å². The number of hydrogen-bond acceptors (Lipinski definition) is 5. The van der Waals surface area contributed by atoms with Crippen molar-refractivity contribution in [3.05, 3.63) is 28.9 Å². The van der Waals surface area contributed by atoms with Crippen molar-refractivity contribution < 1.29 is 14.3 Å². The Balaban J connectivity index is 1.63. The van der Waals surface area contributed by atoms with Crippen molar-refractivity contribution in [1.82, 2.24) is 9.88 Å². The second-order valence-corrected chi connectivity index (χ2v) is 6.46. The molecule has 0 atom stereocenters. The van der Waals surface area contributed by atoms with E-state index in [1.165, 1.54) is 6.20 Å². The summed E-state index contributed by atoms with van der Waals surface area (Å²) in [6.45, 7) is 1.00. The minimum Gasteiger partial charge on any atom is -0.439 e. The van der Waals surface area contributed by atoms with Crippen LogP contribution in [0.25, 0.3) is 10.9 Å². The van der Waals surface area contributed by atoms with Crippen LogP contribution in [0.15, 0.2) is 28.9 Å². The summed E-state index contributed by atoms with van der Waals surface area (Å²) >= 11 is 3.37. The lowest BCUT2D eigenvalue weighted by atomic mass is 10.1. The summed E-state index contributed by atoms with van der Waals surface area (Å²) < 4.78 is 5.91. The Morgan fingerprint density at radius 1 is 1.33 bits per heavy atom. The molecule has 1 aliphatic heterocycles. The normalized spacial score (nSPS) is 14.0. The number of pyridine rings is 1. The van der Waals surface area contributed by atoms with Crippen LogP contribution in [0, 0.1) is 0 Å². The Hall–Kier alpha value is -2.35. The van der Waals surface area contributed by atoms with Crippen LogP contribution in [0.4, 0.5) is 16.2 Å². The summed E-state index contributed by atoms with van der Waals surface area (Å²) in [7, 11) is 0. The number of amides is 2. The number of carbonyl (C=O) groups is 2. The third-order valence-electron chi connectivity index (χ3n) is 3.84. The smallest absolute Gasteiger partial charge is 0.410 e. The molecule has 0 radical (unpaired) electrons. The number of ether oxygens (including phenoxy) is 1. The highest BCUT2D eigenvalue weighted by Crippen LogP contribution is 2.28. The van der Waals surface area contributed by atoms with E-state index in [1.54, 1.807) is 4.90 Å². The van der Waals surface area contributed by atoms with E-state index in [-0.39, 0.29) is 6.61 Å². The maximum absolute atomic E-state index is 12.0. The lowest BCUT2D eigenvalue weighted by Crippen LogP contribution is -2.31. The van der Waals surface area contributed by atoms with Gasteiger partial charge in [-0.05, 0) is 31.0 Å². The highest BCUT2D eigenvalue weighted by molar-refractivity contribution is 9.10. The molecule has 1 aromatic heterocycles. The van der Waals surface area contributed by atoms with Crippen LogP contribution in [0.2, 0.25) is 0 Å². The van der Waals surface area contributed by atoms with Crippen LogP contribution in [0.3, 0.4) is 0 Å². The van der Waals surface area contributed by atoms with E-state index in [2.05, 4.69) is 26.2 Å². The standard InChI is InChI=1S/C16H17BrN4O3/c17-10-3-4-11-12(7-10)19-8-13(15(11)18)20-14(22)9-24-16(23)21-5-1-2-6-21/h3-4,7-8H,1-2,5-6,9H2,(H2,18,19)(H,20,22). The van der Waals surface area contributed by atoms with Gasteiger partial charge in [0.05, 0.1) is 23.1 Å². The minimum absolute atomic E-state index is 0.354. The first kappa shape index (κ1) is 16.5. The highest BCUT2D eigenvalue weighted by Gasteiger charge is 2.20. The minimum atomic E-state index is -0.461. The summed E-state index contributed by atoms with van der Waals surface area (Å²) in [5, 5.41) is 3.37. The van der Waals surface area contributed by atoms with E-state index >= 15 is 0 Å². The largest absolute Gasteiger partial charge is 0.439 e. The van der Waals surface area contributed by atoms with Gasteiger partial charge < -0.3 is 20.7 Å². The first-order valence-electron chi connectivity index (χ1n) is 7.60. The van der Waals surface area contributed by atoms with Crippen molar-refractivity contribution in [3.63, 3.8) is 0 Å². The summed E-state index contributed by atoms with van der Waals surface area (Å²) in [6.07, 6.45) is 2.97. The average Bonchev–Trinajstić information content (AvgIpc) is 3.10. The number of nitrogen functional groups attached to an aromatic ring is 1. The molecule has 0 unspecified atom stereocenters. The van der Waals surface area contributed by atoms with Crippen molar-refractivity contribution in [2.45, 2.75) is 12.8 Å². The van der Waals surface area contributed by atoms with Crippen LogP contribution in [-0.4, -0.2) is 41.6 Å². The molecule has 2 aromatic rings. The lowest BCUT2D eigenvalue weighted by molar-refractivity contribution is -0.119. The van der Waals surface area contributed by atoms with Crippen LogP contribution in [-0.2, 0) is 9.53 Å². The fraction of sp³-hybridized carbons (Fsp3) is 0.312. The Kier molecular flexibility index (Phi) is 4.84. The predicted molar refractivity (Wildman–Crippen MR) is 94.6 cm³/mol. The number of nitrogens with one attached hydrogen (secondary N) is 1. The molecule has 126 valence electrons. The van der Waals surface area contributed by atoms with Gasteiger partial charge in [-0.15, -0.1) is 0 Å². The molecule has 3 rings (SSSR count). The molecule has 1 saturated heterocycles. The fourth-order valence-electron chi connectivity index (χ4n) is 2.59. The molecule has 7 nitrogen and oxygen atoms in total. The number of hydrogen-bond donors (Lipinski definition) is 2. The number of likely N-dealkylation sites (tertiary alicyclic amines) is 1. The lowest BCUT2D eigenvalue weighted by Gasteiger charge is -2.15. The van der Waals surface area contributed by atoms with Crippen LogP contribution < -0.4 is 11.1 Å². The van der Waals surface area contributed by atoms with Gasteiger partial charge in [-0.1, -0.05) is 15.9 Å². The van der Waals surface area contributed by atoms with Gasteiger partial charge in [-0.25, -0.2) is 4.79 Å². The maximum atomic E-state index is 12.0. The van der Waals surface area contributed by atoms with E-state index < -0.39 is 12.0 Å². The molecule has 0 spiro atoms. The van der Waals surface area contributed by atoms with E-state index in [0.29, 0.717) is 24.5 Å². The number of halogens is 1. The molecular weight excluding hydrogens is 376 g/mol. The second-order valence-electron chi connectivity index (χ2n) is 5.54. The quantitative estimate of drug-likeness (QED) is 0.836.